The van der Waals surface area contributed by atoms with Gasteiger partial charge in [0.2, 0.25) is 5.95 Å². The Kier molecular flexibility index (Phi) is 3.26. The summed E-state index contributed by atoms with van der Waals surface area (Å²) in [5.74, 6) is 4.69. The molecule has 1 aliphatic heterocycles. The molecule has 1 aliphatic rings. The van der Waals surface area contributed by atoms with Gasteiger partial charge in [-0.15, -0.1) is 5.92 Å². The van der Waals surface area contributed by atoms with Crippen LogP contribution in [0, 0.1) is 11.8 Å². The van der Waals surface area contributed by atoms with E-state index in [1.54, 1.807) is 0 Å². The van der Waals surface area contributed by atoms with E-state index in [0.717, 1.165) is 10.9 Å². The summed E-state index contributed by atoms with van der Waals surface area (Å²) in [6.45, 7) is -1.46. The number of aliphatic hydroxyl groups is 2. The zero-order valence-corrected chi connectivity index (χ0v) is 11.1. The van der Waals surface area contributed by atoms with Crippen molar-refractivity contribution in [1.29, 1.82) is 0 Å². The summed E-state index contributed by atoms with van der Waals surface area (Å²) >= 11 is 6.26. The SMILES string of the molecule is [2H]C([2H])(O)[C@H]1O[C@@H](n2cnc(N)nc2=O)C(Cl)(C#CC)[C@H]1O. The van der Waals surface area contributed by atoms with Gasteiger partial charge in [-0.25, -0.2) is 9.78 Å². The van der Waals surface area contributed by atoms with E-state index < -0.39 is 35.6 Å². The number of alkyl halides is 1. The molecule has 9 heteroatoms. The predicted molar refractivity (Wildman–Crippen MR) is 69.7 cm³/mol. The molecule has 2 heterocycles. The maximum Gasteiger partial charge on any atom is 0.354 e. The fraction of sp³-hybridized carbons (Fsp3) is 0.545. The number of rotatable bonds is 2. The summed E-state index contributed by atoms with van der Waals surface area (Å²) in [7, 11) is 0. The average Bonchev–Trinajstić information content (AvgIpc) is 2.63. The Bertz CT molecular complexity index is 698. The van der Waals surface area contributed by atoms with Crippen LogP contribution in [0.15, 0.2) is 11.1 Å². The summed E-state index contributed by atoms with van der Waals surface area (Å²) in [5, 5.41) is 19.7. The van der Waals surface area contributed by atoms with Crippen LogP contribution in [-0.4, -0.2) is 48.4 Å². The fourth-order valence-corrected chi connectivity index (χ4v) is 2.26. The Labute approximate surface area is 122 Å². The number of nitrogens with zero attached hydrogens (tertiary/aromatic N) is 3. The van der Waals surface area contributed by atoms with Crippen LogP contribution in [-0.2, 0) is 4.74 Å². The maximum atomic E-state index is 11.9. The number of hydrogen-bond donors (Lipinski definition) is 3. The van der Waals surface area contributed by atoms with Crippen LogP contribution in [0.5, 0.6) is 0 Å². The molecule has 0 bridgehead atoms. The van der Waals surface area contributed by atoms with Gasteiger partial charge in [-0.2, -0.15) is 4.98 Å². The number of aromatic nitrogens is 3. The van der Waals surface area contributed by atoms with Crippen molar-refractivity contribution in [3.05, 3.63) is 16.8 Å². The van der Waals surface area contributed by atoms with Crippen molar-refractivity contribution in [1.82, 2.24) is 14.5 Å². The summed E-state index contributed by atoms with van der Waals surface area (Å²) in [5.41, 5.74) is 4.42. The molecule has 1 saturated heterocycles. The van der Waals surface area contributed by atoms with Gasteiger partial charge in [0.25, 0.3) is 0 Å². The number of aliphatic hydroxyl groups excluding tert-OH is 1. The third kappa shape index (κ3) is 2.25. The monoisotopic (exact) mass is 302 g/mol. The molecular formula is C11H13ClN4O4. The smallest absolute Gasteiger partial charge is 0.354 e. The van der Waals surface area contributed by atoms with Gasteiger partial charge in [-0.05, 0) is 6.92 Å². The van der Waals surface area contributed by atoms with Gasteiger partial charge < -0.3 is 20.7 Å². The highest BCUT2D eigenvalue weighted by Crippen LogP contribution is 2.42. The normalized spacial score (nSPS) is 34.9. The third-order valence-electron chi connectivity index (χ3n) is 2.79. The first-order valence-electron chi connectivity index (χ1n) is 6.50. The van der Waals surface area contributed by atoms with E-state index in [1.807, 2.05) is 0 Å². The zero-order valence-electron chi connectivity index (χ0n) is 12.3. The molecule has 0 radical (unpaired) electrons. The third-order valence-corrected chi connectivity index (χ3v) is 3.30. The lowest BCUT2D eigenvalue weighted by Gasteiger charge is -2.25. The number of anilines is 1. The van der Waals surface area contributed by atoms with Crippen molar-refractivity contribution < 1.29 is 17.7 Å². The number of nitrogens with two attached hydrogens (primary N) is 1. The molecule has 108 valence electrons. The van der Waals surface area contributed by atoms with Gasteiger partial charge in [-0.1, -0.05) is 17.5 Å². The minimum Gasteiger partial charge on any atom is -0.394 e. The number of ether oxygens (including phenoxy) is 1. The van der Waals surface area contributed by atoms with Crippen molar-refractivity contribution in [2.45, 2.75) is 30.2 Å². The molecule has 20 heavy (non-hydrogen) atoms. The van der Waals surface area contributed by atoms with Gasteiger partial charge in [0.05, 0.1) is 9.30 Å². The minimum atomic E-state index is -2.90. The Hall–Kier alpha value is -1.66. The van der Waals surface area contributed by atoms with Gasteiger partial charge >= 0.3 is 5.69 Å². The molecule has 0 spiro atoms. The number of halogens is 1. The second-order valence-corrected chi connectivity index (χ2v) is 4.66. The van der Waals surface area contributed by atoms with E-state index >= 15 is 0 Å². The second-order valence-electron chi connectivity index (χ2n) is 4.03. The molecule has 8 nitrogen and oxygen atoms in total. The summed E-state index contributed by atoms with van der Waals surface area (Å²) in [6.07, 6.45) is -3.86. The summed E-state index contributed by atoms with van der Waals surface area (Å²) < 4.78 is 20.7. The molecule has 1 unspecified atom stereocenters. The van der Waals surface area contributed by atoms with Crippen molar-refractivity contribution >= 4 is 17.5 Å². The molecule has 2 rings (SSSR count). The van der Waals surface area contributed by atoms with Gasteiger partial charge in [0.15, 0.2) is 11.1 Å². The van der Waals surface area contributed by atoms with Crippen LogP contribution in [0.3, 0.4) is 0 Å². The standard InChI is InChI=1S/C11H13ClN4O4/c1-2-3-11(12)7(18)6(4-17)20-8(11)16-5-14-9(13)15-10(16)19/h5-8,17-18H,4H2,1H3,(H2,13,15,19)/t6-,7+,8-,11?/m1/s1/i4D2. The predicted octanol–water partition coefficient (Wildman–Crippen LogP) is -1.53. The van der Waals surface area contributed by atoms with Crippen LogP contribution >= 0.6 is 11.6 Å². The first kappa shape index (κ1) is 12.1. The van der Waals surface area contributed by atoms with E-state index in [9.17, 15) is 15.0 Å². The molecule has 1 fully saturated rings. The van der Waals surface area contributed by atoms with Crippen LogP contribution in [0.4, 0.5) is 5.95 Å². The van der Waals surface area contributed by atoms with E-state index in [-0.39, 0.29) is 5.95 Å². The first-order valence-corrected chi connectivity index (χ1v) is 5.88. The molecule has 1 aromatic rings. The zero-order chi connectivity index (χ0) is 16.7. The van der Waals surface area contributed by atoms with E-state index in [4.69, 9.17) is 24.8 Å². The quantitative estimate of drug-likeness (QED) is 0.447. The largest absolute Gasteiger partial charge is 0.394 e. The van der Waals surface area contributed by atoms with Crippen molar-refractivity contribution in [3.8, 4) is 11.8 Å². The summed E-state index contributed by atoms with van der Waals surface area (Å²) in [4.78, 5) is 17.0. The fourth-order valence-electron chi connectivity index (χ4n) is 1.89. The molecule has 0 aromatic carbocycles. The minimum absolute atomic E-state index is 0.268. The highest BCUT2D eigenvalue weighted by atomic mass is 35.5. The van der Waals surface area contributed by atoms with Crippen molar-refractivity contribution in [2.24, 2.45) is 0 Å². The molecule has 0 saturated carbocycles. The van der Waals surface area contributed by atoms with E-state index in [0.29, 0.717) is 0 Å². The number of nitrogen functional groups attached to an aromatic ring is 1. The lowest BCUT2D eigenvalue weighted by Crippen LogP contribution is -2.43. The van der Waals surface area contributed by atoms with Crippen molar-refractivity contribution in [2.75, 3.05) is 12.3 Å². The van der Waals surface area contributed by atoms with Crippen LogP contribution < -0.4 is 11.4 Å². The first-order chi connectivity index (χ1) is 10.1. The lowest BCUT2D eigenvalue weighted by molar-refractivity contribution is -0.0467. The molecule has 4 N–H and O–H groups in total. The Morgan fingerprint density at radius 1 is 1.80 bits per heavy atom. The number of hydrogen-bond acceptors (Lipinski definition) is 7. The van der Waals surface area contributed by atoms with Crippen LogP contribution in [0.1, 0.15) is 15.9 Å². The Balaban J connectivity index is 2.57. The van der Waals surface area contributed by atoms with Gasteiger partial charge in [0.1, 0.15) is 18.5 Å². The highest BCUT2D eigenvalue weighted by Gasteiger charge is 2.55. The van der Waals surface area contributed by atoms with Crippen LogP contribution in [0.2, 0.25) is 0 Å². The van der Waals surface area contributed by atoms with E-state index in [1.165, 1.54) is 6.92 Å². The molecular weight excluding hydrogens is 288 g/mol. The molecule has 0 aliphatic carbocycles. The Morgan fingerprint density at radius 2 is 2.50 bits per heavy atom. The molecule has 0 amide bonds. The topological polar surface area (TPSA) is 123 Å². The van der Waals surface area contributed by atoms with Gasteiger partial charge in [-0.3, -0.25) is 4.57 Å². The van der Waals surface area contributed by atoms with Crippen molar-refractivity contribution in [3.63, 3.8) is 0 Å². The second kappa shape index (κ2) is 5.38. The molecule has 4 atom stereocenters. The Morgan fingerprint density at radius 3 is 3.05 bits per heavy atom. The maximum absolute atomic E-state index is 11.9. The lowest BCUT2D eigenvalue weighted by atomic mass is 9.99. The molecule has 1 aromatic heterocycles. The average molecular weight is 303 g/mol. The van der Waals surface area contributed by atoms with E-state index in [2.05, 4.69) is 21.8 Å². The van der Waals surface area contributed by atoms with Crippen LogP contribution in [0.25, 0.3) is 0 Å². The summed E-state index contributed by atoms with van der Waals surface area (Å²) in [6, 6.07) is 0. The highest BCUT2D eigenvalue weighted by molar-refractivity contribution is 6.27. The van der Waals surface area contributed by atoms with Gasteiger partial charge in [0, 0.05) is 0 Å².